The molecule has 2 aromatic carbocycles. The quantitative estimate of drug-likeness (QED) is 0.0477. The van der Waals surface area contributed by atoms with Crippen molar-refractivity contribution in [3.8, 4) is 0 Å². The molecule has 2 rings (SSSR count). The highest BCUT2D eigenvalue weighted by Gasteiger charge is 2.19. The molecule has 0 radical (unpaired) electrons. The van der Waals surface area contributed by atoms with Gasteiger partial charge in [0, 0.05) is 49.8 Å². The first-order valence-electron chi connectivity index (χ1n) is 15.1. The standard InChI is InChI=1S/C30H44N6O6S2/c37-29(25-13-5-7-15-27(25)35(39)40)33-19-11-3-1-9-17-31-21-23-43-44-24-22-32-18-10-2-4-12-20-34-30(38)26-14-6-8-16-28(26)36(41)42/h5-8,13-16,31-32H,1-4,9-12,17-24H2,(H,33,37)(H,34,38). The van der Waals surface area contributed by atoms with Gasteiger partial charge in [-0.05, 0) is 50.9 Å². The smallest absolute Gasteiger partial charge is 0.282 e. The summed E-state index contributed by atoms with van der Waals surface area (Å²) in [6.07, 6.45) is 7.98. The molecule has 0 unspecified atom stereocenters. The second-order valence-corrected chi connectivity index (χ2v) is 12.7. The third kappa shape index (κ3) is 15.5. The molecule has 2 amide bonds. The summed E-state index contributed by atoms with van der Waals surface area (Å²) in [5, 5.41) is 34.5. The minimum atomic E-state index is -0.536. The van der Waals surface area contributed by atoms with Crippen molar-refractivity contribution in [2.75, 3.05) is 50.8 Å². The summed E-state index contributed by atoms with van der Waals surface area (Å²) >= 11 is 0. The number of carbonyl (C=O) groups is 2. The van der Waals surface area contributed by atoms with Gasteiger partial charge in [0.25, 0.3) is 23.2 Å². The van der Waals surface area contributed by atoms with Crippen molar-refractivity contribution < 1.29 is 19.4 Å². The molecule has 0 heterocycles. The zero-order chi connectivity index (χ0) is 31.8. The van der Waals surface area contributed by atoms with Crippen LogP contribution >= 0.6 is 21.6 Å². The summed E-state index contributed by atoms with van der Waals surface area (Å²) in [6.45, 7) is 4.90. The number of nitrogens with one attached hydrogen (secondary N) is 4. The zero-order valence-electron chi connectivity index (χ0n) is 25.1. The fraction of sp³-hybridized carbons (Fsp3) is 0.533. The van der Waals surface area contributed by atoms with Gasteiger partial charge in [-0.25, -0.2) is 0 Å². The van der Waals surface area contributed by atoms with E-state index in [4.69, 9.17) is 0 Å². The average molecular weight is 649 g/mol. The Bertz CT molecular complexity index is 1080. The van der Waals surface area contributed by atoms with Crippen LogP contribution in [-0.4, -0.2) is 72.4 Å². The van der Waals surface area contributed by atoms with Crippen LogP contribution in [0.15, 0.2) is 48.5 Å². The van der Waals surface area contributed by atoms with Crippen molar-refractivity contribution >= 4 is 44.8 Å². The summed E-state index contributed by atoms with van der Waals surface area (Å²) < 4.78 is 0. The van der Waals surface area contributed by atoms with Gasteiger partial charge in [-0.3, -0.25) is 29.8 Å². The third-order valence-corrected chi connectivity index (χ3v) is 9.04. The molecule has 12 nitrogen and oxygen atoms in total. The van der Waals surface area contributed by atoms with Crippen molar-refractivity contribution in [2.45, 2.75) is 51.4 Å². The van der Waals surface area contributed by atoms with Crippen molar-refractivity contribution in [1.82, 2.24) is 21.3 Å². The average Bonchev–Trinajstić information content (AvgIpc) is 3.03. The van der Waals surface area contributed by atoms with Crippen LogP contribution in [0, 0.1) is 20.2 Å². The van der Waals surface area contributed by atoms with Gasteiger partial charge in [-0.2, -0.15) is 0 Å². The first-order valence-corrected chi connectivity index (χ1v) is 17.6. The number of carbonyl (C=O) groups excluding carboxylic acids is 2. The van der Waals surface area contributed by atoms with E-state index in [1.165, 1.54) is 24.3 Å². The highest BCUT2D eigenvalue weighted by molar-refractivity contribution is 8.76. The van der Waals surface area contributed by atoms with Crippen molar-refractivity contribution in [3.63, 3.8) is 0 Å². The lowest BCUT2D eigenvalue weighted by Crippen LogP contribution is -2.25. The number of hydrogen-bond donors (Lipinski definition) is 4. The molecular weight excluding hydrogens is 605 g/mol. The van der Waals surface area contributed by atoms with Gasteiger partial charge < -0.3 is 21.3 Å². The molecule has 0 aromatic heterocycles. The predicted octanol–water partition coefficient (Wildman–Crippen LogP) is 5.34. The zero-order valence-corrected chi connectivity index (χ0v) is 26.7. The second-order valence-electron chi connectivity index (χ2n) is 10.0. The lowest BCUT2D eigenvalue weighted by Gasteiger charge is -2.07. The molecule has 0 aliphatic rings. The fourth-order valence-electron chi connectivity index (χ4n) is 4.30. The SMILES string of the molecule is O=C(NCCCCCCNCCSSCCNCCCCCCNC(=O)c1ccccc1[N+](=O)[O-])c1ccccc1[N+](=O)[O-]. The van der Waals surface area contributed by atoms with Crippen LogP contribution in [0.25, 0.3) is 0 Å². The number of nitro groups is 2. The number of nitro benzene ring substituents is 2. The van der Waals surface area contributed by atoms with Gasteiger partial charge in [0.2, 0.25) is 0 Å². The Kier molecular flexibility index (Phi) is 19.5. The van der Waals surface area contributed by atoms with Gasteiger partial charge in [-0.15, -0.1) is 0 Å². The number of benzene rings is 2. The molecule has 0 saturated heterocycles. The molecule has 4 N–H and O–H groups in total. The second kappa shape index (κ2) is 23.2. The maximum absolute atomic E-state index is 12.2. The Morgan fingerprint density at radius 3 is 1.30 bits per heavy atom. The molecule has 0 fully saturated rings. The van der Waals surface area contributed by atoms with Gasteiger partial charge in [0.05, 0.1) is 9.85 Å². The van der Waals surface area contributed by atoms with E-state index in [1.807, 2.05) is 21.6 Å². The maximum Gasteiger partial charge on any atom is 0.282 e. The Morgan fingerprint density at radius 2 is 0.909 bits per heavy atom. The van der Waals surface area contributed by atoms with E-state index >= 15 is 0 Å². The first-order chi connectivity index (χ1) is 21.4. The van der Waals surface area contributed by atoms with Gasteiger partial charge in [0.15, 0.2) is 0 Å². The minimum absolute atomic E-state index is 0.0985. The van der Waals surface area contributed by atoms with Crippen LogP contribution in [0.1, 0.15) is 72.1 Å². The summed E-state index contributed by atoms with van der Waals surface area (Å²) in [7, 11) is 3.74. The lowest BCUT2D eigenvalue weighted by molar-refractivity contribution is -0.385. The Balaban J connectivity index is 1.29. The summed E-state index contributed by atoms with van der Waals surface area (Å²) in [4.78, 5) is 45.4. The highest BCUT2D eigenvalue weighted by Crippen LogP contribution is 2.20. The van der Waals surface area contributed by atoms with Crippen molar-refractivity contribution in [3.05, 3.63) is 79.9 Å². The van der Waals surface area contributed by atoms with E-state index < -0.39 is 21.7 Å². The molecule has 0 aliphatic carbocycles. The first kappa shape index (κ1) is 37.0. The molecule has 0 bridgehead atoms. The third-order valence-electron chi connectivity index (χ3n) is 6.63. The van der Waals surface area contributed by atoms with Crippen LogP contribution in [0.2, 0.25) is 0 Å². The van der Waals surface area contributed by atoms with E-state index in [0.29, 0.717) is 13.1 Å². The number of amides is 2. The molecular formula is C30H44N6O6S2. The number of nitrogens with zero attached hydrogens (tertiary/aromatic N) is 2. The summed E-state index contributed by atoms with van der Waals surface area (Å²) in [5.41, 5.74) is -0.148. The van der Waals surface area contributed by atoms with Gasteiger partial charge in [-0.1, -0.05) is 71.5 Å². The van der Waals surface area contributed by atoms with E-state index in [0.717, 1.165) is 89.1 Å². The van der Waals surface area contributed by atoms with Crippen LogP contribution < -0.4 is 21.3 Å². The lowest BCUT2D eigenvalue weighted by atomic mass is 10.1. The van der Waals surface area contributed by atoms with E-state index in [9.17, 15) is 29.8 Å². The van der Waals surface area contributed by atoms with E-state index in [-0.39, 0.29) is 22.5 Å². The maximum atomic E-state index is 12.2. The Morgan fingerprint density at radius 1 is 0.545 bits per heavy atom. The molecule has 0 aliphatic heterocycles. The Hall–Kier alpha value is -3.20. The van der Waals surface area contributed by atoms with Crippen LogP contribution in [0.5, 0.6) is 0 Å². The van der Waals surface area contributed by atoms with Gasteiger partial charge in [0.1, 0.15) is 11.1 Å². The molecule has 44 heavy (non-hydrogen) atoms. The number of unbranched alkanes of at least 4 members (excludes halogenated alkanes) is 6. The number of para-hydroxylation sites is 2. The number of hydrogen-bond acceptors (Lipinski definition) is 10. The number of rotatable bonds is 25. The molecule has 14 heteroatoms. The topological polar surface area (TPSA) is 169 Å². The summed E-state index contributed by atoms with van der Waals surface area (Å²) in [6, 6.07) is 12.0. The van der Waals surface area contributed by atoms with Crippen LogP contribution in [0.4, 0.5) is 11.4 Å². The van der Waals surface area contributed by atoms with Crippen molar-refractivity contribution in [1.29, 1.82) is 0 Å². The molecule has 0 atom stereocenters. The molecule has 242 valence electrons. The van der Waals surface area contributed by atoms with Gasteiger partial charge >= 0.3 is 0 Å². The Labute approximate surface area is 267 Å². The molecule has 2 aromatic rings. The van der Waals surface area contributed by atoms with Crippen molar-refractivity contribution in [2.24, 2.45) is 0 Å². The molecule has 0 saturated carbocycles. The fourth-order valence-corrected chi connectivity index (χ4v) is 6.19. The highest BCUT2D eigenvalue weighted by atomic mass is 33.1. The normalized spacial score (nSPS) is 10.8. The minimum Gasteiger partial charge on any atom is -0.352 e. The largest absolute Gasteiger partial charge is 0.352 e. The molecule has 0 spiro atoms. The van der Waals surface area contributed by atoms with Crippen LogP contribution in [0.3, 0.4) is 0 Å². The predicted molar refractivity (Wildman–Crippen MR) is 178 cm³/mol. The monoisotopic (exact) mass is 648 g/mol. The van der Waals surface area contributed by atoms with Crippen LogP contribution in [-0.2, 0) is 0 Å². The van der Waals surface area contributed by atoms with E-state index in [1.54, 1.807) is 24.3 Å². The summed E-state index contributed by atoms with van der Waals surface area (Å²) in [5.74, 6) is 1.30. The van der Waals surface area contributed by atoms with E-state index in [2.05, 4.69) is 21.3 Å².